The average Bonchev–Trinajstić information content (AvgIpc) is 2.53. The van der Waals surface area contributed by atoms with E-state index in [1.54, 1.807) is 0 Å². The Hall–Kier alpha value is -2.61. The Morgan fingerprint density at radius 1 is 0.952 bits per heavy atom. The second kappa shape index (κ2) is 5.41. The molecule has 0 saturated carbocycles. The number of ketones is 1. The average molecular weight is 275 g/mol. The second-order valence-corrected chi connectivity index (χ2v) is 5.17. The Balaban J connectivity index is 2.05. The molecular formula is C19H17NO. The van der Waals surface area contributed by atoms with E-state index >= 15 is 0 Å². The van der Waals surface area contributed by atoms with E-state index < -0.39 is 0 Å². The number of hydrogen-bond donors (Lipinski definition) is 1. The third-order valence-electron chi connectivity index (χ3n) is 3.79. The molecule has 0 aromatic heterocycles. The van der Waals surface area contributed by atoms with Crippen molar-refractivity contribution in [3.63, 3.8) is 0 Å². The number of carbonyl (C=O) groups is 1. The minimum Gasteiger partial charge on any atom is -0.398 e. The van der Waals surface area contributed by atoms with Crippen molar-refractivity contribution < 1.29 is 4.79 Å². The fourth-order valence-electron chi connectivity index (χ4n) is 2.50. The number of carbonyl (C=O) groups excluding carboxylic acids is 1. The van der Waals surface area contributed by atoms with Gasteiger partial charge in [0.1, 0.15) is 0 Å². The molecule has 104 valence electrons. The number of nitrogen functional groups attached to an aromatic ring is 1. The molecule has 0 spiro atoms. The molecule has 0 radical (unpaired) electrons. The van der Waals surface area contributed by atoms with Crippen LogP contribution in [0.15, 0.2) is 60.7 Å². The summed E-state index contributed by atoms with van der Waals surface area (Å²) in [5, 5.41) is 2.08. The molecule has 2 nitrogen and oxygen atoms in total. The molecule has 0 fully saturated rings. The lowest BCUT2D eigenvalue weighted by Crippen LogP contribution is -2.05. The van der Waals surface area contributed by atoms with Crippen LogP contribution in [-0.4, -0.2) is 5.78 Å². The molecule has 21 heavy (non-hydrogen) atoms. The van der Waals surface area contributed by atoms with Gasteiger partial charge in [0.05, 0.1) is 0 Å². The first-order valence-corrected chi connectivity index (χ1v) is 7.11. The molecule has 0 unspecified atom stereocenters. The lowest BCUT2D eigenvalue weighted by molar-refractivity contribution is 0.103. The Labute approximate surface area is 124 Å². The van der Waals surface area contributed by atoms with Gasteiger partial charge in [0, 0.05) is 16.8 Å². The van der Waals surface area contributed by atoms with Gasteiger partial charge in [-0.2, -0.15) is 0 Å². The Kier molecular flexibility index (Phi) is 3.44. The predicted molar refractivity (Wildman–Crippen MR) is 87.6 cm³/mol. The van der Waals surface area contributed by atoms with Crippen molar-refractivity contribution >= 4 is 22.2 Å². The van der Waals surface area contributed by atoms with E-state index in [1.165, 1.54) is 5.56 Å². The van der Waals surface area contributed by atoms with E-state index in [0.717, 1.165) is 17.2 Å². The van der Waals surface area contributed by atoms with Crippen LogP contribution in [0, 0.1) is 0 Å². The largest absolute Gasteiger partial charge is 0.398 e. The van der Waals surface area contributed by atoms with Crippen LogP contribution in [0.4, 0.5) is 5.69 Å². The zero-order chi connectivity index (χ0) is 14.8. The highest BCUT2D eigenvalue weighted by atomic mass is 16.1. The Morgan fingerprint density at radius 2 is 1.57 bits per heavy atom. The monoisotopic (exact) mass is 275 g/mol. The van der Waals surface area contributed by atoms with E-state index in [1.807, 2.05) is 60.7 Å². The number of anilines is 1. The van der Waals surface area contributed by atoms with Crippen LogP contribution in [-0.2, 0) is 6.42 Å². The first kappa shape index (κ1) is 13.4. The smallest absolute Gasteiger partial charge is 0.195 e. The van der Waals surface area contributed by atoms with Crippen LogP contribution >= 0.6 is 0 Å². The van der Waals surface area contributed by atoms with Gasteiger partial charge in [0.25, 0.3) is 0 Å². The van der Waals surface area contributed by atoms with Gasteiger partial charge in [-0.15, -0.1) is 0 Å². The molecule has 0 atom stereocenters. The summed E-state index contributed by atoms with van der Waals surface area (Å²) in [6, 6.07) is 19.4. The molecule has 0 heterocycles. The first-order valence-electron chi connectivity index (χ1n) is 7.11. The fourth-order valence-corrected chi connectivity index (χ4v) is 2.50. The number of nitrogens with two attached hydrogens (primary N) is 1. The highest BCUT2D eigenvalue weighted by Gasteiger charge is 2.13. The highest BCUT2D eigenvalue weighted by molar-refractivity contribution is 6.14. The number of benzene rings is 3. The van der Waals surface area contributed by atoms with Crippen molar-refractivity contribution in [1.82, 2.24) is 0 Å². The normalized spacial score (nSPS) is 10.7. The standard InChI is InChI=1S/C19H17NO/c1-2-13-7-9-14(10-8-13)19(21)17-11-15-5-3-4-6-16(15)12-18(17)20/h3-12H,2,20H2,1H3. The molecule has 3 rings (SSSR count). The molecule has 3 aromatic carbocycles. The van der Waals surface area contributed by atoms with Crippen LogP contribution in [0.3, 0.4) is 0 Å². The maximum Gasteiger partial charge on any atom is 0.195 e. The highest BCUT2D eigenvalue weighted by Crippen LogP contribution is 2.24. The molecule has 0 amide bonds. The molecule has 2 N–H and O–H groups in total. The fraction of sp³-hybridized carbons (Fsp3) is 0.105. The van der Waals surface area contributed by atoms with Gasteiger partial charge in [-0.1, -0.05) is 55.5 Å². The summed E-state index contributed by atoms with van der Waals surface area (Å²) in [5.74, 6) is -0.0269. The van der Waals surface area contributed by atoms with Gasteiger partial charge in [0.2, 0.25) is 0 Å². The third-order valence-corrected chi connectivity index (χ3v) is 3.79. The van der Waals surface area contributed by atoms with Crippen LogP contribution in [0.25, 0.3) is 10.8 Å². The van der Waals surface area contributed by atoms with E-state index in [2.05, 4.69) is 6.92 Å². The summed E-state index contributed by atoms with van der Waals surface area (Å²) in [6.45, 7) is 2.10. The number of hydrogen-bond acceptors (Lipinski definition) is 2. The maximum absolute atomic E-state index is 12.6. The van der Waals surface area contributed by atoms with E-state index in [4.69, 9.17) is 5.73 Å². The van der Waals surface area contributed by atoms with E-state index in [0.29, 0.717) is 16.8 Å². The SMILES string of the molecule is CCc1ccc(C(=O)c2cc3ccccc3cc2N)cc1. The van der Waals surface area contributed by atoms with Crippen LogP contribution in [0.1, 0.15) is 28.4 Å². The lowest BCUT2D eigenvalue weighted by Gasteiger charge is -2.08. The molecule has 0 aliphatic rings. The number of aryl methyl sites for hydroxylation is 1. The van der Waals surface area contributed by atoms with Gasteiger partial charge in [-0.3, -0.25) is 4.79 Å². The van der Waals surface area contributed by atoms with Gasteiger partial charge in [-0.05, 0) is 34.9 Å². The van der Waals surface area contributed by atoms with Crippen molar-refractivity contribution in [2.45, 2.75) is 13.3 Å². The lowest BCUT2D eigenvalue weighted by atomic mass is 9.97. The third kappa shape index (κ3) is 2.52. The summed E-state index contributed by atoms with van der Waals surface area (Å²) in [7, 11) is 0. The Bertz CT molecular complexity index is 803. The molecule has 2 heteroatoms. The predicted octanol–water partition coefficient (Wildman–Crippen LogP) is 4.22. The molecule has 3 aromatic rings. The van der Waals surface area contributed by atoms with Crippen LogP contribution < -0.4 is 5.73 Å². The summed E-state index contributed by atoms with van der Waals surface area (Å²) < 4.78 is 0. The van der Waals surface area contributed by atoms with Gasteiger partial charge in [0.15, 0.2) is 5.78 Å². The quantitative estimate of drug-likeness (QED) is 0.574. The molecule has 0 bridgehead atoms. The summed E-state index contributed by atoms with van der Waals surface area (Å²) in [5.41, 5.74) is 9.05. The van der Waals surface area contributed by atoms with Gasteiger partial charge < -0.3 is 5.73 Å². The first-order chi connectivity index (χ1) is 10.2. The van der Waals surface area contributed by atoms with Crippen molar-refractivity contribution in [2.24, 2.45) is 0 Å². The zero-order valence-corrected chi connectivity index (χ0v) is 12.0. The minimum atomic E-state index is -0.0269. The molecule has 0 aliphatic heterocycles. The Morgan fingerprint density at radius 3 is 2.19 bits per heavy atom. The van der Waals surface area contributed by atoms with Gasteiger partial charge >= 0.3 is 0 Å². The van der Waals surface area contributed by atoms with E-state index in [9.17, 15) is 4.79 Å². The minimum absolute atomic E-state index is 0.0269. The number of fused-ring (bicyclic) bond motifs is 1. The summed E-state index contributed by atoms with van der Waals surface area (Å²) in [4.78, 5) is 12.6. The van der Waals surface area contributed by atoms with Crippen LogP contribution in [0.2, 0.25) is 0 Å². The van der Waals surface area contributed by atoms with E-state index in [-0.39, 0.29) is 5.78 Å². The second-order valence-electron chi connectivity index (χ2n) is 5.17. The zero-order valence-electron chi connectivity index (χ0n) is 12.0. The summed E-state index contributed by atoms with van der Waals surface area (Å²) >= 11 is 0. The van der Waals surface area contributed by atoms with Crippen molar-refractivity contribution in [3.8, 4) is 0 Å². The van der Waals surface area contributed by atoms with Crippen molar-refractivity contribution in [2.75, 3.05) is 5.73 Å². The molecular weight excluding hydrogens is 258 g/mol. The summed E-state index contributed by atoms with van der Waals surface area (Å²) in [6.07, 6.45) is 0.965. The topological polar surface area (TPSA) is 43.1 Å². The maximum atomic E-state index is 12.6. The molecule has 0 aliphatic carbocycles. The van der Waals surface area contributed by atoms with Crippen molar-refractivity contribution in [3.05, 3.63) is 77.4 Å². The molecule has 0 saturated heterocycles. The van der Waals surface area contributed by atoms with Gasteiger partial charge in [-0.25, -0.2) is 0 Å². The van der Waals surface area contributed by atoms with Crippen molar-refractivity contribution in [1.29, 1.82) is 0 Å². The van der Waals surface area contributed by atoms with Crippen LogP contribution in [0.5, 0.6) is 0 Å². The number of rotatable bonds is 3.